The van der Waals surface area contributed by atoms with Crippen molar-refractivity contribution >= 4 is 23.2 Å². The van der Waals surface area contributed by atoms with Crippen molar-refractivity contribution in [1.29, 1.82) is 5.41 Å². The number of carbonyl (C=O) groups is 2. The quantitative estimate of drug-likeness (QED) is 0.576. The van der Waals surface area contributed by atoms with Crippen LogP contribution in [0.1, 0.15) is 6.42 Å². The Morgan fingerprint density at radius 3 is 2.68 bits per heavy atom. The van der Waals surface area contributed by atoms with Crippen LogP contribution in [0, 0.1) is 5.41 Å². The Morgan fingerprint density at radius 2 is 2.05 bits per heavy atom. The molecule has 0 saturated carbocycles. The summed E-state index contributed by atoms with van der Waals surface area (Å²) in [5.41, 5.74) is 5.42. The largest absolute Gasteiger partial charge is 0.368 e. The minimum atomic E-state index is -0.386. The Hall–Kier alpha value is -2.83. The van der Waals surface area contributed by atoms with Gasteiger partial charge < -0.3 is 5.73 Å². The molecule has 19 heavy (non-hydrogen) atoms. The van der Waals surface area contributed by atoms with Crippen molar-refractivity contribution in [1.82, 2.24) is 14.5 Å². The highest BCUT2D eigenvalue weighted by molar-refractivity contribution is 6.32. The number of nitrogens with zero attached hydrogens (tertiary/aromatic N) is 3. The summed E-state index contributed by atoms with van der Waals surface area (Å²) >= 11 is 0. The van der Waals surface area contributed by atoms with E-state index in [1.54, 1.807) is 0 Å². The molecular weight excluding hydrogens is 246 g/mol. The van der Waals surface area contributed by atoms with E-state index < -0.39 is 0 Å². The Kier molecular flexibility index (Phi) is 3.19. The fraction of sp³-hybridized carbons (Fsp3) is 0.0833. The molecule has 0 bridgehead atoms. The van der Waals surface area contributed by atoms with Gasteiger partial charge in [0.2, 0.25) is 17.3 Å². The van der Waals surface area contributed by atoms with E-state index in [9.17, 15) is 9.59 Å². The van der Waals surface area contributed by atoms with Crippen LogP contribution < -0.4 is 11.4 Å². The van der Waals surface area contributed by atoms with Crippen LogP contribution in [0.2, 0.25) is 0 Å². The third-order valence-corrected chi connectivity index (χ3v) is 2.55. The smallest absolute Gasteiger partial charge is 0.231 e. The summed E-state index contributed by atoms with van der Waals surface area (Å²) in [5.74, 6) is -0.751. The minimum Gasteiger partial charge on any atom is -0.368 e. The first-order valence-electron chi connectivity index (χ1n) is 5.41. The zero-order valence-corrected chi connectivity index (χ0v) is 9.96. The van der Waals surface area contributed by atoms with Crippen molar-refractivity contribution in [2.24, 2.45) is 0 Å². The molecule has 0 amide bonds. The van der Waals surface area contributed by atoms with Gasteiger partial charge >= 0.3 is 0 Å². The highest BCUT2D eigenvalue weighted by atomic mass is 16.1. The van der Waals surface area contributed by atoms with Crippen LogP contribution in [0.15, 0.2) is 36.7 Å². The normalized spacial score (nSPS) is 14.9. The minimum absolute atomic E-state index is 0.0670. The van der Waals surface area contributed by atoms with E-state index in [4.69, 9.17) is 11.1 Å². The second-order valence-electron chi connectivity index (χ2n) is 3.79. The van der Waals surface area contributed by atoms with Crippen molar-refractivity contribution in [3.05, 3.63) is 42.3 Å². The second kappa shape index (κ2) is 4.81. The molecule has 0 aliphatic heterocycles. The summed E-state index contributed by atoms with van der Waals surface area (Å²) in [6, 6.07) is 0. The highest BCUT2D eigenvalue weighted by Gasteiger charge is 2.23. The van der Waals surface area contributed by atoms with Gasteiger partial charge in [-0.3, -0.25) is 19.6 Å². The molecule has 1 heterocycles. The van der Waals surface area contributed by atoms with Gasteiger partial charge in [0.05, 0.1) is 0 Å². The lowest BCUT2D eigenvalue weighted by molar-refractivity contribution is -0.114. The Bertz CT molecular complexity index is 696. The molecule has 2 rings (SSSR count). The number of hydrogen-bond acceptors (Lipinski definition) is 6. The number of anilines is 1. The molecule has 1 aliphatic carbocycles. The molecule has 0 fully saturated rings. The average Bonchev–Trinajstić information content (AvgIpc) is 2.36. The van der Waals surface area contributed by atoms with Crippen molar-refractivity contribution in [2.75, 3.05) is 5.73 Å². The van der Waals surface area contributed by atoms with Crippen molar-refractivity contribution in [3.8, 4) is 0 Å². The molecule has 0 saturated heterocycles. The van der Waals surface area contributed by atoms with Gasteiger partial charge in [-0.2, -0.15) is 4.98 Å². The van der Waals surface area contributed by atoms with Crippen LogP contribution in [0.4, 0.5) is 5.95 Å². The maximum Gasteiger partial charge on any atom is 0.231 e. The van der Waals surface area contributed by atoms with Crippen molar-refractivity contribution in [2.45, 2.75) is 6.42 Å². The maximum atomic E-state index is 11.9. The zero-order chi connectivity index (χ0) is 14.0. The molecule has 7 nitrogen and oxygen atoms in total. The van der Waals surface area contributed by atoms with E-state index >= 15 is 0 Å². The van der Waals surface area contributed by atoms with Gasteiger partial charge in [0.25, 0.3) is 0 Å². The molecule has 1 aliphatic rings. The molecule has 0 atom stereocenters. The highest BCUT2D eigenvalue weighted by Crippen LogP contribution is 2.20. The summed E-state index contributed by atoms with van der Waals surface area (Å²) in [6.07, 6.45) is 5.30. The maximum absolute atomic E-state index is 11.9. The predicted molar refractivity (Wildman–Crippen MR) is 67.5 cm³/mol. The van der Waals surface area contributed by atoms with E-state index in [0.717, 1.165) is 10.6 Å². The van der Waals surface area contributed by atoms with Crippen molar-refractivity contribution < 1.29 is 9.59 Å². The van der Waals surface area contributed by atoms with E-state index in [2.05, 4.69) is 16.5 Å². The van der Waals surface area contributed by atoms with Gasteiger partial charge in [-0.1, -0.05) is 6.08 Å². The fourth-order valence-electron chi connectivity index (χ4n) is 1.73. The number of ketones is 2. The van der Waals surface area contributed by atoms with Crippen LogP contribution in [-0.4, -0.2) is 26.1 Å². The lowest BCUT2D eigenvalue weighted by atomic mass is 9.97. The van der Waals surface area contributed by atoms with Crippen molar-refractivity contribution in [3.63, 3.8) is 0 Å². The molecule has 0 spiro atoms. The molecule has 7 heteroatoms. The summed E-state index contributed by atoms with van der Waals surface area (Å²) in [7, 11) is 0. The molecule has 0 aromatic carbocycles. The number of carbonyl (C=O) groups excluding carboxylic acids is 2. The van der Waals surface area contributed by atoms with Gasteiger partial charge in [-0.05, 0) is 18.6 Å². The summed E-state index contributed by atoms with van der Waals surface area (Å²) in [4.78, 5) is 31.1. The lowest BCUT2D eigenvalue weighted by Gasteiger charge is -2.15. The SMILES string of the molecule is C=CCC1=C(n2cnc(N)nc2=N)C(=O)C=CC1=O. The first kappa shape index (κ1) is 12.6. The van der Waals surface area contributed by atoms with Gasteiger partial charge in [0, 0.05) is 5.57 Å². The zero-order valence-electron chi connectivity index (χ0n) is 9.96. The number of nitrogen functional groups attached to an aromatic ring is 1. The van der Waals surface area contributed by atoms with Gasteiger partial charge in [0.15, 0.2) is 5.78 Å². The number of hydrogen-bond donors (Lipinski definition) is 2. The number of nitrogens with two attached hydrogens (primary N) is 1. The van der Waals surface area contributed by atoms with E-state index in [1.165, 1.54) is 18.5 Å². The predicted octanol–water partition coefficient (Wildman–Crippen LogP) is -0.165. The van der Waals surface area contributed by atoms with Gasteiger partial charge in [-0.25, -0.2) is 4.98 Å². The van der Waals surface area contributed by atoms with E-state index in [0.29, 0.717) is 0 Å². The number of allylic oxidation sites excluding steroid dienone is 5. The summed E-state index contributed by atoms with van der Waals surface area (Å²) in [5, 5.41) is 7.71. The van der Waals surface area contributed by atoms with E-state index in [-0.39, 0.29) is 40.8 Å². The molecule has 3 N–H and O–H groups in total. The van der Waals surface area contributed by atoms with Crippen LogP contribution in [0.5, 0.6) is 0 Å². The Labute approximate surface area is 108 Å². The van der Waals surface area contributed by atoms with Gasteiger partial charge in [0.1, 0.15) is 12.0 Å². The topological polar surface area (TPSA) is 115 Å². The average molecular weight is 257 g/mol. The van der Waals surface area contributed by atoms with E-state index in [1.807, 2.05) is 0 Å². The monoisotopic (exact) mass is 257 g/mol. The third-order valence-electron chi connectivity index (χ3n) is 2.55. The second-order valence-corrected chi connectivity index (χ2v) is 3.79. The molecule has 1 aromatic heterocycles. The first-order valence-corrected chi connectivity index (χ1v) is 5.41. The Balaban J connectivity index is 2.70. The fourth-order valence-corrected chi connectivity index (χ4v) is 1.73. The number of nitrogens with one attached hydrogen (secondary N) is 1. The van der Waals surface area contributed by atoms with Crippen LogP contribution in [0.25, 0.3) is 5.70 Å². The summed E-state index contributed by atoms with van der Waals surface area (Å²) < 4.78 is 1.14. The molecular formula is C12H11N5O2. The number of aromatic nitrogens is 3. The summed E-state index contributed by atoms with van der Waals surface area (Å²) in [6.45, 7) is 3.55. The molecule has 96 valence electrons. The standard InChI is InChI=1S/C12H11N5O2/c1-2-3-7-8(18)4-5-9(19)10(7)17-6-15-11(13)16-12(17)14/h2,4-6H,1,3H2,(H3,13,14,16). The third kappa shape index (κ3) is 2.25. The molecule has 0 unspecified atom stereocenters. The van der Waals surface area contributed by atoms with Gasteiger partial charge in [-0.15, -0.1) is 6.58 Å². The number of rotatable bonds is 3. The Morgan fingerprint density at radius 1 is 1.37 bits per heavy atom. The first-order chi connectivity index (χ1) is 9.04. The molecule has 1 aromatic rings. The van der Waals surface area contributed by atoms with Crippen LogP contribution in [-0.2, 0) is 9.59 Å². The lowest BCUT2D eigenvalue weighted by Crippen LogP contribution is -2.29. The molecule has 0 radical (unpaired) electrons. The van der Waals surface area contributed by atoms with Crippen LogP contribution in [0.3, 0.4) is 0 Å². The van der Waals surface area contributed by atoms with Crippen LogP contribution >= 0.6 is 0 Å².